The van der Waals surface area contributed by atoms with Crippen LogP contribution in [-0.4, -0.2) is 15.3 Å². The molecule has 31 heavy (non-hydrogen) atoms. The van der Waals surface area contributed by atoms with Crippen LogP contribution in [0.1, 0.15) is 47.6 Å². The van der Waals surface area contributed by atoms with Gasteiger partial charge in [0.25, 0.3) is 5.56 Å². The van der Waals surface area contributed by atoms with Gasteiger partial charge in [-0.1, -0.05) is 5.92 Å². The predicted molar refractivity (Wildman–Crippen MR) is 112 cm³/mol. The molecule has 0 radical (unpaired) electrons. The van der Waals surface area contributed by atoms with Gasteiger partial charge in [0.1, 0.15) is 11.6 Å². The van der Waals surface area contributed by atoms with Crippen LogP contribution in [0.25, 0.3) is 33.1 Å². The van der Waals surface area contributed by atoms with Gasteiger partial charge in [-0.3, -0.25) is 9.59 Å². The van der Waals surface area contributed by atoms with E-state index in [1.54, 1.807) is 11.5 Å². The van der Waals surface area contributed by atoms with E-state index in [9.17, 15) is 14.0 Å². The summed E-state index contributed by atoms with van der Waals surface area (Å²) in [7, 11) is 0. The van der Waals surface area contributed by atoms with Crippen molar-refractivity contribution < 1.29 is 18.0 Å². The summed E-state index contributed by atoms with van der Waals surface area (Å²) in [5.74, 6) is 0.788. The van der Waals surface area contributed by atoms with Crippen molar-refractivity contribution in [3.8, 4) is 23.5 Å². The zero-order chi connectivity index (χ0) is 22.0. The van der Waals surface area contributed by atoms with Gasteiger partial charge in [0, 0.05) is 40.6 Å². The Morgan fingerprint density at radius 2 is 1.87 bits per heavy atom. The number of carbonyl (C=O) groups excluding carboxylic acids is 1. The Bertz CT molecular complexity index is 1540. The Labute approximate surface area is 175 Å². The van der Waals surface area contributed by atoms with Gasteiger partial charge in [-0.2, -0.15) is 0 Å². The quantitative estimate of drug-likeness (QED) is 0.350. The van der Waals surface area contributed by atoms with Gasteiger partial charge < -0.3 is 8.98 Å². The molecule has 4 aromatic rings. The van der Waals surface area contributed by atoms with Gasteiger partial charge in [0.05, 0.1) is 5.52 Å². The summed E-state index contributed by atoms with van der Waals surface area (Å²) in [6.45, 7) is 2.90. The zero-order valence-electron chi connectivity index (χ0n) is 16.8. The van der Waals surface area contributed by atoms with E-state index < -0.39 is 11.6 Å². The van der Waals surface area contributed by atoms with Crippen LogP contribution < -0.4 is 5.56 Å². The third kappa shape index (κ3) is 2.87. The maximum atomic E-state index is 15.2. The molecule has 0 amide bonds. The van der Waals surface area contributed by atoms with Crippen LogP contribution >= 0.6 is 0 Å². The van der Waals surface area contributed by atoms with E-state index in [2.05, 4.69) is 10.9 Å². The minimum Gasteiger partial charge on any atom is -0.440 e. The lowest BCUT2D eigenvalue weighted by atomic mass is 9.95. The van der Waals surface area contributed by atoms with Gasteiger partial charge >= 0.3 is 0 Å². The SMILES string of the molecule is C#Cc1cc(-c2cc3c(cc2F)c2oc(C)nc2c(=O)n3C2CC2)c(F)cc1C(C)=O. The molecule has 7 heteroatoms. The summed E-state index contributed by atoms with van der Waals surface area (Å²) >= 11 is 0. The molecule has 0 atom stereocenters. The largest absolute Gasteiger partial charge is 0.440 e. The second-order valence-corrected chi connectivity index (χ2v) is 7.74. The Hall–Kier alpha value is -3.79. The first-order valence-electron chi connectivity index (χ1n) is 9.76. The summed E-state index contributed by atoms with van der Waals surface area (Å²) in [6, 6.07) is 4.94. The lowest BCUT2D eigenvalue weighted by Crippen LogP contribution is -2.20. The van der Waals surface area contributed by atoms with Crippen LogP contribution in [-0.2, 0) is 0 Å². The zero-order valence-corrected chi connectivity index (χ0v) is 16.8. The monoisotopic (exact) mass is 418 g/mol. The second kappa shape index (κ2) is 6.61. The molecule has 1 aliphatic rings. The Kier molecular flexibility index (Phi) is 4.09. The summed E-state index contributed by atoms with van der Waals surface area (Å²) in [5, 5.41) is 0.390. The van der Waals surface area contributed by atoms with Gasteiger partial charge in [0.2, 0.25) is 0 Å². The van der Waals surface area contributed by atoms with Crippen molar-refractivity contribution in [2.24, 2.45) is 0 Å². The average molecular weight is 418 g/mol. The number of hydrogen-bond donors (Lipinski definition) is 0. The van der Waals surface area contributed by atoms with Crippen molar-refractivity contribution in [3.63, 3.8) is 0 Å². The standard InChI is InChI=1S/C24H16F2N2O3/c1-4-13-7-16(19(25)8-15(13)11(2)29)17-10-21-18(9-20(17)26)23-22(27-12(3)31-23)24(30)28(21)14-5-6-14/h1,7-10,14H,5-6H2,2-3H3. The van der Waals surface area contributed by atoms with Crippen LogP contribution in [0.4, 0.5) is 8.78 Å². The van der Waals surface area contributed by atoms with E-state index in [0.717, 1.165) is 18.9 Å². The maximum absolute atomic E-state index is 15.2. The molecule has 2 aromatic carbocycles. The van der Waals surface area contributed by atoms with E-state index in [1.165, 1.54) is 25.1 Å². The van der Waals surface area contributed by atoms with Crippen LogP contribution in [0.15, 0.2) is 33.5 Å². The molecule has 0 saturated heterocycles. The summed E-state index contributed by atoms with van der Waals surface area (Å²) in [5.41, 5.74) is 0.554. The van der Waals surface area contributed by atoms with Gasteiger partial charge in [-0.25, -0.2) is 13.8 Å². The third-order valence-electron chi connectivity index (χ3n) is 5.59. The number of oxazole rings is 1. The van der Waals surface area contributed by atoms with Crippen LogP contribution in [0, 0.1) is 30.9 Å². The number of halogens is 2. The number of rotatable bonds is 3. The first kappa shape index (κ1) is 19.2. The van der Waals surface area contributed by atoms with E-state index >= 15 is 4.39 Å². The molecule has 1 fully saturated rings. The molecule has 2 aromatic heterocycles. The lowest BCUT2D eigenvalue weighted by Gasteiger charge is -2.14. The van der Waals surface area contributed by atoms with Gasteiger partial charge in [0.15, 0.2) is 22.8 Å². The van der Waals surface area contributed by atoms with Crippen LogP contribution in [0.2, 0.25) is 0 Å². The number of ketones is 1. The highest BCUT2D eigenvalue weighted by atomic mass is 19.1. The molecule has 1 aliphatic carbocycles. The molecule has 154 valence electrons. The fourth-order valence-corrected chi connectivity index (χ4v) is 4.01. The Balaban J connectivity index is 1.87. The van der Waals surface area contributed by atoms with Crippen LogP contribution in [0.3, 0.4) is 0 Å². The van der Waals surface area contributed by atoms with E-state index in [-0.39, 0.29) is 50.7 Å². The predicted octanol–water partition coefficient (Wildman–Crippen LogP) is 4.92. The number of fused-ring (bicyclic) bond motifs is 3. The minimum atomic E-state index is -0.778. The van der Waals surface area contributed by atoms with Crippen molar-refractivity contribution in [3.05, 3.63) is 63.3 Å². The van der Waals surface area contributed by atoms with E-state index in [1.807, 2.05) is 0 Å². The molecule has 2 heterocycles. The number of hydrogen-bond acceptors (Lipinski definition) is 4. The summed E-state index contributed by atoms with van der Waals surface area (Å²) in [6.07, 6.45) is 7.11. The first-order valence-corrected chi connectivity index (χ1v) is 9.76. The van der Waals surface area contributed by atoms with Gasteiger partial charge in [-0.05, 0) is 44.0 Å². The third-order valence-corrected chi connectivity index (χ3v) is 5.59. The highest BCUT2D eigenvalue weighted by Gasteiger charge is 2.30. The molecule has 1 saturated carbocycles. The molecule has 5 nitrogen and oxygen atoms in total. The molecule has 0 spiro atoms. The van der Waals surface area contributed by atoms with Crippen molar-refractivity contribution in [1.29, 1.82) is 0 Å². The number of aryl methyl sites for hydroxylation is 1. The van der Waals surface area contributed by atoms with Crippen molar-refractivity contribution in [2.45, 2.75) is 32.7 Å². The average Bonchev–Trinajstić information content (AvgIpc) is 3.48. The van der Waals surface area contributed by atoms with E-state index in [0.29, 0.717) is 16.8 Å². The van der Waals surface area contributed by atoms with Crippen LogP contribution in [0.5, 0.6) is 0 Å². The molecular formula is C24H16F2N2O3. The van der Waals surface area contributed by atoms with E-state index in [4.69, 9.17) is 10.8 Å². The molecular weight excluding hydrogens is 402 g/mol. The molecule has 0 bridgehead atoms. The second-order valence-electron chi connectivity index (χ2n) is 7.74. The number of carbonyl (C=O) groups is 1. The highest BCUT2D eigenvalue weighted by Crippen LogP contribution is 2.39. The highest BCUT2D eigenvalue weighted by molar-refractivity contribution is 6.03. The molecule has 5 rings (SSSR count). The summed E-state index contributed by atoms with van der Waals surface area (Å²) in [4.78, 5) is 29.0. The topological polar surface area (TPSA) is 65.1 Å². The number of aromatic nitrogens is 2. The Morgan fingerprint density at radius 1 is 1.19 bits per heavy atom. The fourth-order valence-electron chi connectivity index (χ4n) is 4.01. The lowest BCUT2D eigenvalue weighted by molar-refractivity contribution is 0.101. The Morgan fingerprint density at radius 3 is 2.52 bits per heavy atom. The van der Waals surface area contributed by atoms with Crippen molar-refractivity contribution in [1.82, 2.24) is 9.55 Å². The molecule has 0 N–H and O–H groups in total. The maximum Gasteiger partial charge on any atom is 0.281 e. The number of pyridine rings is 1. The van der Waals surface area contributed by atoms with Crippen molar-refractivity contribution >= 4 is 27.8 Å². The number of terminal acetylenes is 1. The number of nitrogens with zero attached hydrogens (tertiary/aromatic N) is 2. The normalized spacial score (nSPS) is 13.6. The molecule has 0 unspecified atom stereocenters. The van der Waals surface area contributed by atoms with Crippen molar-refractivity contribution in [2.75, 3.05) is 0 Å². The molecule has 0 aliphatic heterocycles. The van der Waals surface area contributed by atoms with Gasteiger partial charge in [-0.15, -0.1) is 6.42 Å². The number of benzene rings is 2. The first-order chi connectivity index (χ1) is 14.8. The summed E-state index contributed by atoms with van der Waals surface area (Å²) < 4.78 is 37.3. The fraction of sp³-hybridized carbons (Fsp3) is 0.208. The minimum absolute atomic E-state index is 0.0269. The number of Topliss-reactive ketones (excluding diaryl/α,β-unsaturated/α-hetero) is 1. The smallest absolute Gasteiger partial charge is 0.281 e.